The highest BCUT2D eigenvalue weighted by molar-refractivity contribution is 5.88. The van der Waals surface area contributed by atoms with Crippen molar-refractivity contribution in [2.45, 2.75) is 143 Å². The summed E-state index contributed by atoms with van der Waals surface area (Å²) in [6.45, 7) is 8.36. The summed E-state index contributed by atoms with van der Waals surface area (Å²) in [4.78, 5) is 38.5. The number of allylic oxidation sites excluding steroid dienone is 1. The third-order valence-corrected chi connectivity index (χ3v) is 11.1. The van der Waals surface area contributed by atoms with Crippen LogP contribution in [0.5, 0.6) is 0 Å². The molecule has 0 spiro atoms. The van der Waals surface area contributed by atoms with Gasteiger partial charge in [-0.3, -0.25) is 14.4 Å². The molecule has 0 heterocycles. The molecule has 4 aliphatic carbocycles. The van der Waals surface area contributed by atoms with Gasteiger partial charge in [-0.15, -0.1) is 0 Å². The fourth-order valence-electron chi connectivity index (χ4n) is 8.84. The molecular formula is C33H52O4. The summed E-state index contributed by atoms with van der Waals surface area (Å²) in [7, 11) is 0. The van der Waals surface area contributed by atoms with Crippen molar-refractivity contribution in [2.24, 2.45) is 34.5 Å². The van der Waals surface area contributed by atoms with Crippen LogP contribution in [0.1, 0.15) is 137 Å². The number of unbranched alkanes of at least 4 members (excludes halogenated alkanes) is 8. The van der Waals surface area contributed by atoms with Crippen molar-refractivity contribution >= 4 is 17.5 Å². The maximum atomic E-state index is 13.9. The number of carbonyl (C=O) groups excluding carboxylic acids is 3. The van der Waals surface area contributed by atoms with Gasteiger partial charge in [0.1, 0.15) is 17.7 Å². The van der Waals surface area contributed by atoms with Crippen molar-refractivity contribution in [1.29, 1.82) is 0 Å². The zero-order chi connectivity index (χ0) is 26.6. The maximum Gasteiger partial charge on any atom is 0.302 e. The van der Waals surface area contributed by atoms with E-state index in [0.717, 1.165) is 51.4 Å². The minimum atomic E-state index is -0.242. The zero-order valence-corrected chi connectivity index (χ0v) is 24.1. The first-order valence-corrected chi connectivity index (χ1v) is 15.6. The topological polar surface area (TPSA) is 60.4 Å². The summed E-state index contributed by atoms with van der Waals surface area (Å²) < 4.78 is 5.64. The summed E-state index contributed by atoms with van der Waals surface area (Å²) in [5, 5.41) is 0. The zero-order valence-electron chi connectivity index (χ0n) is 24.1. The molecule has 37 heavy (non-hydrogen) atoms. The molecule has 0 saturated heterocycles. The second-order valence-electron chi connectivity index (χ2n) is 13.4. The summed E-state index contributed by atoms with van der Waals surface area (Å²) in [6.07, 6.45) is 20.5. The Bertz CT molecular complexity index is 874. The molecule has 7 atom stereocenters. The first-order valence-electron chi connectivity index (χ1n) is 15.6. The predicted octanol–water partition coefficient (Wildman–Crippen LogP) is 8.17. The SMILES string of the molecule is CCCCCCCCCCCC(=O)C1C=C2C[C@@H](OC(C)=O)CC[C@]2(C)[C@H]2CC[C@]3(C)C(=O)CC[C@H]3[C@H]12. The average Bonchev–Trinajstić information content (AvgIpc) is 3.16. The molecular weight excluding hydrogens is 460 g/mol. The van der Waals surface area contributed by atoms with E-state index in [1.165, 1.54) is 57.4 Å². The van der Waals surface area contributed by atoms with Gasteiger partial charge in [0.05, 0.1) is 0 Å². The Balaban J connectivity index is 1.46. The Kier molecular flexibility index (Phi) is 9.39. The Morgan fingerprint density at radius 1 is 0.892 bits per heavy atom. The summed E-state index contributed by atoms with van der Waals surface area (Å²) in [6, 6.07) is 0. The van der Waals surface area contributed by atoms with Crippen LogP contribution < -0.4 is 0 Å². The van der Waals surface area contributed by atoms with E-state index in [2.05, 4.69) is 26.8 Å². The van der Waals surface area contributed by atoms with Gasteiger partial charge in [0, 0.05) is 37.5 Å². The number of hydrogen-bond acceptors (Lipinski definition) is 4. The number of ether oxygens (including phenoxy) is 1. The second-order valence-corrected chi connectivity index (χ2v) is 13.4. The van der Waals surface area contributed by atoms with Crippen LogP contribution >= 0.6 is 0 Å². The van der Waals surface area contributed by atoms with E-state index >= 15 is 0 Å². The number of rotatable bonds is 12. The second kappa shape index (κ2) is 12.2. The molecule has 208 valence electrons. The third kappa shape index (κ3) is 5.93. The van der Waals surface area contributed by atoms with Crippen molar-refractivity contribution in [3.05, 3.63) is 11.6 Å². The van der Waals surface area contributed by atoms with Gasteiger partial charge in [-0.2, -0.15) is 0 Å². The molecule has 1 unspecified atom stereocenters. The van der Waals surface area contributed by atoms with Crippen molar-refractivity contribution in [3.8, 4) is 0 Å². The molecule has 0 N–H and O–H groups in total. The van der Waals surface area contributed by atoms with Gasteiger partial charge in [-0.25, -0.2) is 0 Å². The lowest BCUT2D eigenvalue weighted by atomic mass is 9.45. The number of ketones is 2. The fraction of sp³-hybridized carbons (Fsp3) is 0.848. The maximum absolute atomic E-state index is 13.9. The van der Waals surface area contributed by atoms with Crippen LogP contribution in [0.4, 0.5) is 0 Å². The number of carbonyl (C=O) groups is 3. The number of esters is 1. The van der Waals surface area contributed by atoms with E-state index in [-0.39, 0.29) is 34.7 Å². The quantitative estimate of drug-likeness (QED) is 0.150. The van der Waals surface area contributed by atoms with E-state index in [1.54, 1.807) is 0 Å². The van der Waals surface area contributed by atoms with Crippen molar-refractivity contribution in [1.82, 2.24) is 0 Å². The Labute approximate surface area is 225 Å². The third-order valence-electron chi connectivity index (χ3n) is 11.1. The molecule has 0 aliphatic heterocycles. The highest BCUT2D eigenvalue weighted by atomic mass is 16.5. The van der Waals surface area contributed by atoms with Gasteiger partial charge in [-0.1, -0.05) is 83.8 Å². The lowest BCUT2D eigenvalue weighted by molar-refractivity contribution is -0.150. The monoisotopic (exact) mass is 512 g/mol. The first kappa shape index (κ1) is 28.6. The van der Waals surface area contributed by atoms with Crippen LogP contribution in [0.15, 0.2) is 11.6 Å². The smallest absolute Gasteiger partial charge is 0.302 e. The van der Waals surface area contributed by atoms with Gasteiger partial charge in [0.25, 0.3) is 0 Å². The van der Waals surface area contributed by atoms with Crippen LogP contribution in [0.2, 0.25) is 0 Å². The normalized spacial score (nSPS) is 36.8. The first-order chi connectivity index (χ1) is 17.7. The summed E-state index contributed by atoms with van der Waals surface area (Å²) in [5.74, 6) is 1.61. The van der Waals surface area contributed by atoms with Gasteiger partial charge >= 0.3 is 5.97 Å². The van der Waals surface area contributed by atoms with E-state index in [0.29, 0.717) is 36.2 Å². The molecule has 0 bridgehead atoms. The van der Waals surface area contributed by atoms with Crippen LogP contribution in [0.3, 0.4) is 0 Å². The number of hydrogen-bond donors (Lipinski definition) is 0. The van der Waals surface area contributed by atoms with Crippen LogP contribution in [0.25, 0.3) is 0 Å². The number of Topliss-reactive ketones (excluding diaryl/α,β-unsaturated/α-hetero) is 2. The summed E-state index contributed by atoms with van der Waals surface area (Å²) in [5.41, 5.74) is 1.17. The van der Waals surface area contributed by atoms with Crippen molar-refractivity contribution < 1.29 is 19.1 Å². The predicted molar refractivity (Wildman–Crippen MR) is 148 cm³/mol. The molecule has 3 fully saturated rings. The molecule has 0 aromatic carbocycles. The molecule has 4 rings (SSSR count). The fourth-order valence-corrected chi connectivity index (χ4v) is 8.84. The molecule has 4 heteroatoms. The van der Waals surface area contributed by atoms with E-state index < -0.39 is 0 Å². The van der Waals surface area contributed by atoms with Gasteiger partial charge in [-0.05, 0) is 61.7 Å². The van der Waals surface area contributed by atoms with Crippen LogP contribution in [-0.4, -0.2) is 23.6 Å². The highest BCUT2D eigenvalue weighted by Gasteiger charge is 2.61. The molecule has 0 radical (unpaired) electrons. The Hall–Kier alpha value is -1.45. The number of fused-ring (bicyclic) bond motifs is 5. The molecule has 4 nitrogen and oxygen atoms in total. The van der Waals surface area contributed by atoms with Crippen molar-refractivity contribution in [3.63, 3.8) is 0 Å². The van der Waals surface area contributed by atoms with Gasteiger partial charge in [0.15, 0.2) is 0 Å². The van der Waals surface area contributed by atoms with E-state index in [1.807, 2.05) is 0 Å². The minimum absolute atomic E-state index is 0.0584. The summed E-state index contributed by atoms with van der Waals surface area (Å²) >= 11 is 0. The lowest BCUT2D eigenvalue weighted by Gasteiger charge is -2.58. The Morgan fingerprint density at radius 2 is 1.51 bits per heavy atom. The van der Waals surface area contributed by atoms with Crippen LogP contribution in [-0.2, 0) is 19.1 Å². The minimum Gasteiger partial charge on any atom is -0.462 e. The molecule has 4 aliphatic rings. The standard InChI is InChI=1S/C33H52O4/c1-5-6-7-8-9-10-11-12-13-14-29(35)26-22-24-21-25(37-23(2)34)17-19-32(24,3)28-18-20-33(4)27(31(26)28)15-16-30(33)36/h22,25-28,31H,5-21H2,1-4H3/t25-,26?,27-,28-,31-,32-,33-/m0/s1. The van der Waals surface area contributed by atoms with Gasteiger partial charge in [0.2, 0.25) is 0 Å². The largest absolute Gasteiger partial charge is 0.462 e. The highest BCUT2D eigenvalue weighted by Crippen LogP contribution is 2.65. The lowest BCUT2D eigenvalue weighted by Crippen LogP contribution is -2.54. The Morgan fingerprint density at radius 3 is 2.19 bits per heavy atom. The molecule has 0 aromatic heterocycles. The molecule has 3 saturated carbocycles. The molecule has 0 amide bonds. The van der Waals surface area contributed by atoms with Crippen LogP contribution in [0, 0.1) is 34.5 Å². The van der Waals surface area contributed by atoms with E-state index in [9.17, 15) is 14.4 Å². The average molecular weight is 513 g/mol. The van der Waals surface area contributed by atoms with Gasteiger partial charge < -0.3 is 4.74 Å². The molecule has 0 aromatic rings. The van der Waals surface area contributed by atoms with Crippen molar-refractivity contribution in [2.75, 3.05) is 0 Å². The van der Waals surface area contributed by atoms with E-state index in [4.69, 9.17) is 4.74 Å².